The molecule has 3 aromatic rings. The van der Waals surface area contributed by atoms with E-state index in [0.29, 0.717) is 26.6 Å². The van der Waals surface area contributed by atoms with Gasteiger partial charge in [0, 0.05) is 10.6 Å². The van der Waals surface area contributed by atoms with Crippen LogP contribution in [0.25, 0.3) is 22.4 Å². The predicted molar refractivity (Wildman–Crippen MR) is 85.7 cm³/mol. The number of imidazole rings is 1. The van der Waals surface area contributed by atoms with Crippen molar-refractivity contribution < 1.29 is 0 Å². The molecule has 102 valence electrons. The van der Waals surface area contributed by atoms with E-state index in [9.17, 15) is 0 Å². The van der Waals surface area contributed by atoms with Crippen LogP contribution in [-0.4, -0.2) is 9.97 Å². The molecule has 0 radical (unpaired) electrons. The number of nitrogens with one attached hydrogen (secondary N) is 1. The topological polar surface area (TPSA) is 54.7 Å². The van der Waals surface area contributed by atoms with Crippen molar-refractivity contribution in [3.8, 4) is 11.4 Å². The average molecular weight is 327 g/mol. The Morgan fingerprint density at radius 2 is 1.80 bits per heavy atom. The lowest BCUT2D eigenvalue weighted by atomic mass is 10.2. The van der Waals surface area contributed by atoms with Crippen LogP contribution in [0.1, 0.15) is 5.56 Å². The number of anilines is 1. The third-order valence-electron chi connectivity index (χ3n) is 3.09. The van der Waals surface area contributed by atoms with Crippen LogP contribution >= 0.6 is 34.8 Å². The molecular formula is C14H10Cl3N3. The van der Waals surface area contributed by atoms with Gasteiger partial charge in [-0.3, -0.25) is 0 Å². The first-order chi connectivity index (χ1) is 9.45. The van der Waals surface area contributed by atoms with Crippen molar-refractivity contribution in [1.82, 2.24) is 9.97 Å². The number of H-pyrrole nitrogens is 1. The third kappa shape index (κ3) is 2.22. The summed E-state index contributed by atoms with van der Waals surface area (Å²) in [7, 11) is 0. The third-order valence-corrected chi connectivity index (χ3v) is 4.32. The first-order valence-electron chi connectivity index (χ1n) is 5.86. The van der Waals surface area contributed by atoms with Crippen molar-refractivity contribution in [1.29, 1.82) is 0 Å². The number of aryl methyl sites for hydroxylation is 1. The number of aromatic nitrogens is 2. The molecule has 3 N–H and O–H groups in total. The van der Waals surface area contributed by atoms with Gasteiger partial charge in [0.1, 0.15) is 5.82 Å². The minimum absolute atomic E-state index is 0.352. The van der Waals surface area contributed by atoms with E-state index in [4.69, 9.17) is 40.5 Å². The number of benzene rings is 2. The Balaban J connectivity index is 2.20. The molecule has 0 spiro atoms. The molecule has 3 rings (SSSR count). The molecule has 0 fully saturated rings. The minimum atomic E-state index is 0.352. The number of halogens is 3. The lowest BCUT2D eigenvalue weighted by Gasteiger charge is -2.03. The van der Waals surface area contributed by atoms with Crippen LogP contribution in [0.3, 0.4) is 0 Å². The second kappa shape index (κ2) is 4.85. The fourth-order valence-electron chi connectivity index (χ4n) is 2.02. The molecule has 0 unspecified atom stereocenters. The molecule has 1 heterocycles. The minimum Gasteiger partial charge on any atom is -0.397 e. The van der Waals surface area contributed by atoms with E-state index in [0.717, 1.165) is 22.2 Å². The Kier molecular flexibility index (Phi) is 3.28. The first kappa shape index (κ1) is 13.6. The van der Waals surface area contributed by atoms with E-state index in [-0.39, 0.29) is 0 Å². The van der Waals surface area contributed by atoms with E-state index in [1.807, 2.05) is 19.1 Å². The maximum atomic E-state index is 6.10. The fraction of sp³-hybridized carbons (Fsp3) is 0.0714. The van der Waals surface area contributed by atoms with E-state index in [1.165, 1.54) is 0 Å². The van der Waals surface area contributed by atoms with Crippen molar-refractivity contribution >= 4 is 51.5 Å². The summed E-state index contributed by atoms with van der Waals surface area (Å²) in [4.78, 5) is 7.73. The van der Waals surface area contributed by atoms with Crippen LogP contribution in [0.4, 0.5) is 5.69 Å². The normalized spacial score (nSPS) is 11.2. The molecule has 6 heteroatoms. The highest BCUT2D eigenvalue weighted by molar-refractivity contribution is 6.43. The Bertz CT molecular complexity index is 762. The highest BCUT2D eigenvalue weighted by atomic mass is 35.5. The quantitative estimate of drug-likeness (QED) is 0.613. The summed E-state index contributed by atoms with van der Waals surface area (Å²) in [5.41, 5.74) is 9.71. The van der Waals surface area contributed by atoms with Crippen LogP contribution in [0, 0.1) is 6.92 Å². The number of nitrogen functional groups attached to an aromatic ring is 1. The molecule has 0 saturated carbocycles. The van der Waals surface area contributed by atoms with E-state index < -0.39 is 0 Å². The van der Waals surface area contributed by atoms with Gasteiger partial charge in [0.25, 0.3) is 0 Å². The van der Waals surface area contributed by atoms with E-state index in [1.54, 1.807) is 12.1 Å². The number of nitrogens with two attached hydrogens (primary N) is 1. The molecule has 0 aliphatic rings. The number of hydrogen-bond acceptors (Lipinski definition) is 2. The number of hydrogen-bond donors (Lipinski definition) is 2. The smallest absolute Gasteiger partial charge is 0.138 e. The molecule has 0 atom stereocenters. The molecule has 2 aromatic carbocycles. The van der Waals surface area contributed by atoms with Crippen molar-refractivity contribution in [3.63, 3.8) is 0 Å². The number of nitrogens with zero attached hydrogens (tertiary/aromatic N) is 1. The van der Waals surface area contributed by atoms with Crippen LogP contribution in [-0.2, 0) is 0 Å². The summed E-state index contributed by atoms with van der Waals surface area (Å²) in [6.45, 7) is 1.94. The van der Waals surface area contributed by atoms with Gasteiger partial charge in [-0.05, 0) is 36.8 Å². The van der Waals surface area contributed by atoms with Crippen molar-refractivity contribution in [2.45, 2.75) is 6.92 Å². The number of fused-ring (bicyclic) bond motifs is 1. The standard InChI is InChI=1S/C14H10Cl3N3/c1-6-2-11-12(5-8(6)15)20-14(19-11)7-3-9(16)13(17)10(18)4-7/h2-5H,18H2,1H3,(H,19,20). The van der Waals surface area contributed by atoms with Gasteiger partial charge in [-0.25, -0.2) is 4.98 Å². The molecule has 1 aromatic heterocycles. The zero-order chi connectivity index (χ0) is 14.4. The lowest BCUT2D eigenvalue weighted by Crippen LogP contribution is -1.89. The predicted octanol–water partition coefficient (Wildman–Crippen LogP) is 5.08. The number of rotatable bonds is 1. The van der Waals surface area contributed by atoms with Gasteiger partial charge in [-0.2, -0.15) is 0 Å². The zero-order valence-electron chi connectivity index (χ0n) is 10.5. The van der Waals surface area contributed by atoms with Gasteiger partial charge in [0.05, 0.1) is 26.8 Å². The molecule has 3 nitrogen and oxygen atoms in total. The van der Waals surface area contributed by atoms with Crippen molar-refractivity contribution in [2.75, 3.05) is 5.73 Å². The van der Waals surface area contributed by atoms with Crippen LogP contribution in [0.15, 0.2) is 24.3 Å². The summed E-state index contributed by atoms with van der Waals surface area (Å²) < 4.78 is 0. The summed E-state index contributed by atoms with van der Waals surface area (Å²) in [6, 6.07) is 7.25. The van der Waals surface area contributed by atoms with Crippen LogP contribution < -0.4 is 5.73 Å². The molecule has 0 bridgehead atoms. The molecule has 0 aliphatic heterocycles. The highest BCUT2D eigenvalue weighted by Gasteiger charge is 2.11. The Morgan fingerprint density at radius 1 is 1.05 bits per heavy atom. The second-order valence-corrected chi connectivity index (χ2v) is 5.76. The van der Waals surface area contributed by atoms with Gasteiger partial charge in [0.2, 0.25) is 0 Å². The summed E-state index contributed by atoms with van der Waals surface area (Å²) in [5.74, 6) is 0.673. The van der Waals surface area contributed by atoms with Crippen LogP contribution in [0.5, 0.6) is 0 Å². The molecule has 0 aliphatic carbocycles. The van der Waals surface area contributed by atoms with E-state index >= 15 is 0 Å². The van der Waals surface area contributed by atoms with Gasteiger partial charge in [0.15, 0.2) is 0 Å². The van der Waals surface area contributed by atoms with Crippen molar-refractivity contribution in [2.24, 2.45) is 0 Å². The SMILES string of the molecule is Cc1cc2[nH]c(-c3cc(N)c(Cl)c(Cl)c3)nc2cc1Cl. The van der Waals surface area contributed by atoms with Gasteiger partial charge in [-0.1, -0.05) is 34.8 Å². The Morgan fingerprint density at radius 3 is 2.50 bits per heavy atom. The van der Waals surface area contributed by atoms with Gasteiger partial charge in [-0.15, -0.1) is 0 Å². The molecular weight excluding hydrogens is 317 g/mol. The van der Waals surface area contributed by atoms with Gasteiger partial charge >= 0.3 is 0 Å². The Labute approximate surface area is 130 Å². The molecule has 20 heavy (non-hydrogen) atoms. The maximum absolute atomic E-state index is 6.10. The van der Waals surface area contributed by atoms with Crippen LogP contribution in [0.2, 0.25) is 15.1 Å². The molecule has 0 amide bonds. The van der Waals surface area contributed by atoms with Gasteiger partial charge < -0.3 is 10.7 Å². The van der Waals surface area contributed by atoms with Crippen molar-refractivity contribution in [3.05, 3.63) is 44.9 Å². The second-order valence-electron chi connectivity index (χ2n) is 4.57. The number of aromatic amines is 1. The monoisotopic (exact) mass is 325 g/mol. The highest BCUT2D eigenvalue weighted by Crippen LogP contribution is 2.34. The maximum Gasteiger partial charge on any atom is 0.138 e. The largest absolute Gasteiger partial charge is 0.397 e. The first-order valence-corrected chi connectivity index (χ1v) is 7.00. The fourth-order valence-corrected chi connectivity index (χ4v) is 2.52. The zero-order valence-corrected chi connectivity index (χ0v) is 12.7. The Hall–Kier alpha value is -1.42. The lowest BCUT2D eigenvalue weighted by molar-refractivity contribution is 1.34. The summed E-state index contributed by atoms with van der Waals surface area (Å²) >= 11 is 18.1. The van der Waals surface area contributed by atoms with E-state index in [2.05, 4.69) is 9.97 Å². The summed E-state index contributed by atoms with van der Waals surface area (Å²) in [6.07, 6.45) is 0. The average Bonchev–Trinajstić information content (AvgIpc) is 2.79. The summed E-state index contributed by atoms with van der Waals surface area (Å²) in [5, 5.41) is 1.44. The molecule has 0 saturated heterocycles.